The Morgan fingerprint density at radius 3 is 2.54 bits per heavy atom. The molecule has 2 amide bonds. The Labute approximate surface area is 154 Å². The number of likely N-dealkylation sites (tertiary alicyclic amines) is 1. The number of hydrogen-bond donors (Lipinski definition) is 0. The SMILES string of the molecule is CC1COC(=O)N1c1cc(CC2CCN(C(=O)C(C)(C)C)CC2)ncn1. The van der Waals surface area contributed by atoms with Crippen LogP contribution >= 0.6 is 0 Å². The van der Waals surface area contributed by atoms with E-state index in [1.165, 1.54) is 6.33 Å². The van der Waals surface area contributed by atoms with Gasteiger partial charge >= 0.3 is 6.09 Å². The lowest BCUT2D eigenvalue weighted by atomic mass is 9.89. The van der Waals surface area contributed by atoms with Crippen LogP contribution in [0.4, 0.5) is 10.6 Å². The summed E-state index contributed by atoms with van der Waals surface area (Å²) in [7, 11) is 0. The van der Waals surface area contributed by atoms with Crippen molar-refractivity contribution >= 4 is 17.8 Å². The molecule has 0 N–H and O–H groups in total. The number of carbonyl (C=O) groups excluding carboxylic acids is 2. The number of anilines is 1. The van der Waals surface area contributed by atoms with E-state index in [1.54, 1.807) is 4.90 Å². The van der Waals surface area contributed by atoms with Gasteiger partial charge in [0.25, 0.3) is 0 Å². The third kappa shape index (κ3) is 3.97. The maximum Gasteiger partial charge on any atom is 0.415 e. The van der Waals surface area contributed by atoms with Crippen molar-refractivity contribution in [1.82, 2.24) is 14.9 Å². The molecule has 0 spiro atoms. The number of amides is 2. The second-order valence-electron chi connectivity index (χ2n) is 8.35. The molecule has 3 heterocycles. The number of ether oxygens (including phenoxy) is 1. The first-order valence-corrected chi connectivity index (χ1v) is 9.32. The van der Waals surface area contributed by atoms with Crippen molar-refractivity contribution in [3.8, 4) is 0 Å². The van der Waals surface area contributed by atoms with Gasteiger partial charge in [-0.2, -0.15) is 0 Å². The first kappa shape index (κ1) is 18.6. The molecule has 142 valence electrons. The summed E-state index contributed by atoms with van der Waals surface area (Å²) in [6, 6.07) is 1.87. The van der Waals surface area contributed by atoms with Crippen LogP contribution in [0, 0.1) is 11.3 Å². The van der Waals surface area contributed by atoms with Gasteiger partial charge < -0.3 is 9.64 Å². The highest BCUT2D eigenvalue weighted by Gasteiger charge is 2.33. The van der Waals surface area contributed by atoms with Crippen molar-refractivity contribution in [1.29, 1.82) is 0 Å². The van der Waals surface area contributed by atoms with Crippen molar-refractivity contribution in [2.24, 2.45) is 11.3 Å². The minimum absolute atomic E-state index is 0.0168. The molecule has 1 aromatic rings. The monoisotopic (exact) mass is 360 g/mol. The van der Waals surface area contributed by atoms with E-state index in [-0.39, 0.29) is 23.5 Å². The molecule has 0 aliphatic carbocycles. The van der Waals surface area contributed by atoms with Crippen LogP contribution in [0.3, 0.4) is 0 Å². The first-order valence-electron chi connectivity index (χ1n) is 9.32. The number of aromatic nitrogens is 2. The number of piperidine rings is 1. The second-order valence-corrected chi connectivity index (χ2v) is 8.35. The first-order chi connectivity index (χ1) is 12.3. The average molecular weight is 360 g/mol. The maximum absolute atomic E-state index is 12.4. The highest BCUT2D eigenvalue weighted by Crippen LogP contribution is 2.27. The van der Waals surface area contributed by atoms with Gasteiger partial charge in [0.15, 0.2) is 0 Å². The molecule has 1 aromatic heterocycles. The van der Waals surface area contributed by atoms with Crippen LogP contribution in [0.1, 0.15) is 46.2 Å². The minimum Gasteiger partial charge on any atom is -0.447 e. The Bertz CT molecular complexity index is 678. The van der Waals surface area contributed by atoms with Crippen LogP contribution in [0.25, 0.3) is 0 Å². The largest absolute Gasteiger partial charge is 0.447 e. The lowest BCUT2D eigenvalue weighted by Gasteiger charge is -2.35. The van der Waals surface area contributed by atoms with Gasteiger partial charge in [0, 0.05) is 30.3 Å². The quantitative estimate of drug-likeness (QED) is 0.828. The zero-order valence-corrected chi connectivity index (χ0v) is 16.1. The Kier molecular flexibility index (Phi) is 5.16. The summed E-state index contributed by atoms with van der Waals surface area (Å²) in [4.78, 5) is 36.4. The van der Waals surface area contributed by atoms with Gasteiger partial charge in [-0.3, -0.25) is 9.69 Å². The van der Waals surface area contributed by atoms with Gasteiger partial charge in [0.1, 0.15) is 18.8 Å². The molecule has 0 radical (unpaired) electrons. The Morgan fingerprint density at radius 1 is 1.27 bits per heavy atom. The molecule has 1 unspecified atom stereocenters. The number of cyclic esters (lactones) is 1. The van der Waals surface area contributed by atoms with Gasteiger partial charge in [-0.15, -0.1) is 0 Å². The zero-order chi connectivity index (χ0) is 18.9. The molecule has 1 atom stereocenters. The van der Waals surface area contributed by atoms with E-state index < -0.39 is 0 Å². The van der Waals surface area contributed by atoms with Gasteiger partial charge in [0.2, 0.25) is 5.91 Å². The predicted molar refractivity (Wildman–Crippen MR) is 97.8 cm³/mol. The van der Waals surface area contributed by atoms with Crippen LogP contribution in [0.5, 0.6) is 0 Å². The molecule has 2 fully saturated rings. The summed E-state index contributed by atoms with van der Waals surface area (Å²) < 4.78 is 5.07. The molecular formula is C19H28N4O3. The van der Waals surface area contributed by atoms with E-state index in [1.807, 2.05) is 38.7 Å². The third-order valence-corrected chi connectivity index (χ3v) is 5.08. The summed E-state index contributed by atoms with van der Waals surface area (Å²) >= 11 is 0. The molecule has 0 bridgehead atoms. The number of carbonyl (C=O) groups is 2. The molecule has 26 heavy (non-hydrogen) atoms. The van der Waals surface area contributed by atoms with E-state index in [0.717, 1.165) is 38.0 Å². The summed E-state index contributed by atoms with van der Waals surface area (Å²) in [5, 5.41) is 0. The van der Waals surface area contributed by atoms with Gasteiger partial charge in [-0.1, -0.05) is 20.8 Å². The number of nitrogens with zero attached hydrogens (tertiary/aromatic N) is 4. The molecule has 2 aliphatic heterocycles. The van der Waals surface area contributed by atoms with E-state index in [0.29, 0.717) is 18.3 Å². The Balaban J connectivity index is 1.60. The van der Waals surface area contributed by atoms with E-state index in [9.17, 15) is 9.59 Å². The van der Waals surface area contributed by atoms with Crippen LogP contribution in [0.15, 0.2) is 12.4 Å². The third-order valence-electron chi connectivity index (χ3n) is 5.08. The lowest BCUT2D eigenvalue weighted by Crippen LogP contribution is -2.44. The Hall–Kier alpha value is -2.18. The number of hydrogen-bond acceptors (Lipinski definition) is 5. The average Bonchev–Trinajstić information content (AvgIpc) is 2.93. The fourth-order valence-electron chi connectivity index (χ4n) is 3.57. The molecule has 7 nitrogen and oxygen atoms in total. The van der Waals surface area contributed by atoms with E-state index >= 15 is 0 Å². The number of rotatable bonds is 3. The predicted octanol–water partition coefficient (Wildman–Crippen LogP) is 2.65. The topological polar surface area (TPSA) is 75.6 Å². The summed E-state index contributed by atoms with van der Waals surface area (Å²) in [5.74, 6) is 1.32. The standard InChI is InChI=1S/C19H28N4O3/c1-13-11-26-18(25)23(13)16-10-15(20-12-21-16)9-14-5-7-22(8-6-14)17(24)19(2,3)4/h10,12-14H,5-9,11H2,1-4H3. The van der Waals surface area contributed by atoms with Crippen LogP contribution in [-0.2, 0) is 16.0 Å². The molecule has 0 saturated carbocycles. The van der Waals surface area contributed by atoms with Crippen molar-refractivity contribution < 1.29 is 14.3 Å². The second kappa shape index (κ2) is 7.21. The molecular weight excluding hydrogens is 332 g/mol. The summed E-state index contributed by atoms with van der Waals surface area (Å²) in [5.41, 5.74) is 0.609. The highest BCUT2D eigenvalue weighted by molar-refractivity contribution is 5.88. The van der Waals surface area contributed by atoms with Gasteiger partial charge in [-0.25, -0.2) is 14.8 Å². The summed E-state index contributed by atoms with van der Waals surface area (Å²) in [6.07, 6.45) is 3.95. The molecule has 2 saturated heterocycles. The lowest BCUT2D eigenvalue weighted by molar-refractivity contribution is -0.140. The van der Waals surface area contributed by atoms with E-state index in [2.05, 4.69) is 9.97 Å². The smallest absolute Gasteiger partial charge is 0.415 e. The van der Waals surface area contributed by atoms with Crippen LogP contribution < -0.4 is 4.90 Å². The minimum atomic E-state index is -0.351. The highest BCUT2D eigenvalue weighted by atomic mass is 16.6. The van der Waals surface area contributed by atoms with Crippen molar-refractivity contribution in [3.63, 3.8) is 0 Å². The van der Waals surface area contributed by atoms with Gasteiger partial charge in [0.05, 0.1) is 6.04 Å². The van der Waals surface area contributed by atoms with Gasteiger partial charge in [-0.05, 0) is 32.1 Å². The fourth-order valence-corrected chi connectivity index (χ4v) is 3.57. The maximum atomic E-state index is 12.4. The van der Waals surface area contributed by atoms with Crippen molar-refractivity contribution in [3.05, 3.63) is 18.1 Å². The molecule has 0 aromatic carbocycles. The summed E-state index contributed by atoms with van der Waals surface area (Å²) in [6.45, 7) is 9.83. The van der Waals surface area contributed by atoms with Crippen molar-refractivity contribution in [2.45, 2.75) is 53.0 Å². The zero-order valence-electron chi connectivity index (χ0n) is 16.1. The van der Waals surface area contributed by atoms with Crippen molar-refractivity contribution in [2.75, 3.05) is 24.6 Å². The molecule has 7 heteroatoms. The molecule has 3 rings (SSSR count). The van der Waals surface area contributed by atoms with Crippen LogP contribution in [-0.4, -0.2) is 52.6 Å². The van der Waals surface area contributed by atoms with E-state index in [4.69, 9.17) is 4.74 Å². The Morgan fingerprint density at radius 2 is 1.96 bits per heavy atom. The fraction of sp³-hybridized carbons (Fsp3) is 0.684. The normalized spacial score (nSPS) is 21.8. The molecule has 2 aliphatic rings. The van der Waals surface area contributed by atoms with Crippen LogP contribution in [0.2, 0.25) is 0 Å².